The number of carbonyl (C=O) groups excluding carboxylic acids is 1. The average Bonchev–Trinajstić information content (AvgIpc) is 2.94. The van der Waals surface area contributed by atoms with E-state index in [4.69, 9.17) is 5.73 Å². The number of benzene rings is 1. The van der Waals surface area contributed by atoms with Crippen LogP contribution in [0.5, 0.6) is 0 Å². The number of nitrogens with one attached hydrogen (secondary N) is 1. The van der Waals surface area contributed by atoms with Crippen LogP contribution in [0, 0.1) is 0 Å². The Morgan fingerprint density at radius 2 is 1.96 bits per heavy atom. The van der Waals surface area contributed by atoms with Gasteiger partial charge in [0.25, 0.3) is 0 Å². The molecule has 3 unspecified atom stereocenters. The van der Waals surface area contributed by atoms with E-state index < -0.39 is 17.3 Å². The second-order valence-electron chi connectivity index (χ2n) is 6.87. The third-order valence-corrected chi connectivity index (χ3v) is 4.79. The largest absolute Gasteiger partial charge is 0.416 e. The van der Waals surface area contributed by atoms with Crippen molar-refractivity contribution in [1.29, 1.82) is 0 Å². The molecule has 6 heteroatoms. The van der Waals surface area contributed by atoms with Crippen molar-refractivity contribution in [1.82, 2.24) is 5.32 Å². The first-order valence-corrected chi connectivity index (χ1v) is 8.42. The minimum absolute atomic E-state index is 0.266. The Labute approximate surface area is 140 Å². The Morgan fingerprint density at radius 3 is 2.58 bits per heavy atom. The predicted molar refractivity (Wildman–Crippen MR) is 87.5 cm³/mol. The molecule has 1 aromatic carbocycles. The normalized spacial score (nSPS) is 23.8. The molecule has 1 amide bonds. The van der Waals surface area contributed by atoms with E-state index in [-0.39, 0.29) is 23.4 Å². The monoisotopic (exact) mass is 342 g/mol. The quantitative estimate of drug-likeness (QED) is 0.850. The summed E-state index contributed by atoms with van der Waals surface area (Å²) in [7, 11) is 0. The maximum Gasteiger partial charge on any atom is 0.416 e. The number of hydrogen-bond donors (Lipinski definition) is 2. The van der Waals surface area contributed by atoms with Gasteiger partial charge in [-0.25, -0.2) is 0 Å². The molecule has 0 saturated heterocycles. The lowest BCUT2D eigenvalue weighted by Gasteiger charge is -2.29. The summed E-state index contributed by atoms with van der Waals surface area (Å²) in [4.78, 5) is 12.4. The van der Waals surface area contributed by atoms with Crippen molar-refractivity contribution in [3.63, 3.8) is 0 Å². The summed E-state index contributed by atoms with van der Waals surface area (Å²) in [5.74, 6) is -0.616. The molecule has 1 saturated carbocycles. The molecule has 24 heavy (non-hydrogen) atoms. The Morgan fingerprint density at radius 1 is 1.29 bits per heavy atom. The fourth-order valence-electron chi connectivity index (χ4n) is 3.55. The highest BCUT2D eigenvalue weighted by molar-refractivity contribution is 5.85. The lowest BCUT2D eigenvalue weighted by atomic mass is 9.88. The molecule has 1 aliphatic carbocycles. The van der Waals surface area contributed by atoms with Gasteiger partial charge in [0, 0.05) is 12.0 Å². The minimum atomic E-state index is -4.39. The first-order valence-electron chi connectivity index (χ1n) is 8.42. The SMILES string of the molecule is CCCC(C)(N)C(=O)NC1CCCC1c1ccccc1C(F)(F)F. The van der Waals surface area contributed by atoms with Gasteiger partial charge in [-0.15, -0.1) is 0 Å². The van der Waals surface area contributed by atoms with Gasteiger partial charge in [-0.3, -0.25) is 4.79 Å². The van der Waals surface area contributed by atoms with Gasteiger partial charge in [0.1, 0.15) is 0 Å². The van der Waals surface area contributed by atoms with Crippen LogP contribution in [0.4, 0.5) is 13.2 Å². The molecule has 1 fully saturated rings. The van der Waals surface area contributed by atoms with Crippen LogP contribution in [-0.2, 0) is 11.0 Å². The highest BCUT2D eigenvalue weighted by Gasteiger charge is 2.40. The molecule has 3 nitrogen and oxygen atoms in total. The van der Waals surface area contributed by atoms with Gasteiger partial charge < -0.3 is 11.1 Å². The van der Waals surface area contributed by atoms with E-state index in [1.807, 2.05) is 6.92 Å². The van der Waals surface area contributed by atoms with Gasteiger partial charge in [-0.2, -0.15) is 13.2 Å². The number of halogens is 3. The standard InChI is InChI=1S/C18H25F3N2O/c1-3-11-17(2,22)16(24)23-15-10-6-8-13(15)12-7-4-5-9-14(12)18(19,20)21/h4-5,7,9,13,15H,3,6,8,10-11,22H2,1-2H3,(H,23,24). The van der Waals surface area contributed by atoms with Gasteiger partial charge in [0.05, 0.1) is 11.1 Å². The van der Waals surface area contributed by atoms with Crippen molar-refractivity contribution in [2.24, 2.45) is 5.73 Å². The van der Waals surface area contributed by atoms with Crippen LogP contribution in [0.25, 0.3) is 0 Å². The molecule has 3 N–H and O–H groups in total. The van der Waals surface area contributed by atoms with Gasteiger partial charge in [0.15, 0.2) is 0 Å². The van der Waals surface area contributed by atoms with E-state index in [0.717, 1.165) is 18.9 Å². The molecule has 0 aliphatic heterocycles. The first kappa shape index (κ1) is 18.8. The van der Waals surface area contributed by atoms with E-state index in [2.05, 4.69) is 5.32 Å². The number of nitrogens with two attached hydrogens (primary N) is 1. The van der Waals surface area contributed by atoms with Crippen LogP contribution in [0.15, 0.2) is 24.3 Å². The average molecular weight is 342 g/mol. The topological polar surface area (TPSA) is 55.1 Å². The Bertz CT molecular complexity index is 584. The first-order chi connectivity index (χ1) is 11.2. The highest BCUT2D eigenvalue weighted by Crippen LogP contribution is 2.41. The second-order valence-corrected chi connectivity index (χ2v) is 6.87. The molecule has 0 spiro atoms. The lowest BCUT2D eigenvalue weighted by Crippen LogP contribution is -2.54. The maximum atomic E-state index is 13.3. The molecular weight excluding hydrogens is 317 g/mol. The lowest BCUT2D eigenvalue weighted by molar-refractivity contribution is -0.138. The highest BCUT2D eigenvalue weighted by atomic mass is 19.4. The van der Waals surface area contributed by atoms with Gasteiger partial charge in [-0.1, -0.05) is 38.0 Å². The van der Waals surface area contributed by atoms with E-state index in [1.54, 1.807) is 13.0 Å². The molecule has 1 aromatic rings. The van der Waals surface area contributed by atoms with Crippen LogP contribution in [0.3, 0.4) is 0 Å². The fraction of sp³-hybridized carbons (Fsp3) is 0.611. The van der Waals surface area contributed by atoms with Crippen LogP contribution in [0.2, 0.25) is 0 Å². The van der Waals surface area contributed by atoms with Crippen molar-refractivity contribution in [2.45, 2.75) is 69.6 Å². The Balaban J connectivity index is 2.22. The molecule has 134 valence electrons. The van der Waals surface area contributed by atoms with Crippen LogP contribution in [0.1, 0.15) is 63.0 Å². The molecule has 3 atom stereocenters. The number of alkyl halides is 3. The summed E-state index contributed by atoms with van der Waals surface area (Å²) in [5.41, 5.74) is 4.70. The summed E-state index contributed by atoms with van der Waals surface area (Å²) < 4.78 is 39.8. The van der Waals surface area contributed by atoms with Gasteiger partial charge in [-0.05, 0) is 37.8 Å². The summed E-state index contributed by atoms with van der Waals surface area (Å²) in [6.45, 7) is 3.61. The zero-order chi connectivity index (χ0) is 18.0. The van der Waals surface area contributed by atoms with Crippen LogP contribution in [-0.4, -0.2) is 17.5 Å². The second kappa shape index (κ2) is 7.13. The molecule has 0 bridgehead atoms. The summed E-state index contributed by atoms with van der Waals surface area (Å²) in [6, 6.07) is 5.34. The summed E-state index contributed by atoms with van der Waals surface area (Å²) in [5, 5.41) is 2.90. The zero-order valence-electron chi connectivity index (χ0n) is 14.1. The number of amides is 1. The maximum absolute atomic E-state index is 13.3. The predicted octanol–water partition coefficient (Wildman–Crippen LogP) is 3.98. The molecule has 2 rings (SSSR count). The number of hydrogen-bond acceptors (Lipinski definition) is 2. The third-order valence-electron chi connectivity index (χ3n) is 4.79. The summed E-state index contributed by atoms with van der Waals surface area (Å²) in [6.07, 6.45) is -0.992. The van der Waals surface area contributed by atoms with Crippen molar-refractivity contribution < 1.29 is 18.0 Å². The molecule has 1 aliphatic rings. The van der Waals surface area contributed by atoms with E-state index >= 15 is 0 Å². The number of rotatable bonds is 5. The third kappa shape index (κ3) is 4.09. The smallest absolute Gasteiger partial charge is 0.351 e. The van der Waals surface area contributed by atoms with Crippen molar-refractivity contribution in [3.8, 4) is 0 Å². The van der Waals surface area contributed by atoms with Crippen molar-refractivity contribution in [3.05, 3.63) is 35.4 Å². The molecule has 0 radical (unpaired) electrons. The molecular formula is C18H25F3N2O. The van der Waals surface area contributed by atoms with Crippen molar-refractivity contribution in [2.75, 3.05) is 0 Å². The minimum Gasteiger partial charge on any atom is -0.351 e. The van der Waals surface area contributed by atoms with Gasteiger partial charge in [0.2, 0.25) is 5.91 Å². The summed E-state index contributed by atoms with van der Waals surface area (Å²) >= 11 is 0. The molecule has 0 heterocycles. The Hall–Kier alpha value is -1.56. The van der Waals surface area contributed by atoms with E-state index in [0.29, 0.717) is 19.3 Å². The fourth-order valence-corrected chi connectivity index (χ4v) is 3.55. The van der Waals surface area contributed by atoms with Crippen LogP contribution < -0.4 is 11.1 Å². The van der Waals surface area contributed by atoms with E-state index in [1.165, 1.54) is 12.1 Å². The zero-order valence-corrected chi connectivity index (χ0v) is 14.1. The molecule has 0 aromatic heterocycles. The van der Waals surface area contributed by atoms with Crippen molar-refractivity contribution >= 4 is 5.91 Å². The van der Waals surface area contributed by atoms with Gasteiger partial charge >= 0.3 is 6.18 Å². The van der Waals surface area contributed by atoms with E-state index in [9.17, 15) is 18.0 Å². The Kier molecular flexibility index (Phi) is 5.58. The number of carbonyl (C=O) groups is 1. The van der Waals surface area contributed by atoms with Crippen LogP contribution >= 0.6 is 0 Å².